The van der Waals surface area contributed by atoms with Crippen LogP contribution >= 0.6 is 0 Å². The number of piperidine rings is 1. The van der Waals surface area contributed by atoms with Gasteiger partial charge >= 0.3 is 6.09 Å². The van der Waals surface area contributed by atoms with E-state index >= 15 is 0 Å². The van der Waals surface area contributed by atoms with E-state index in [-0.39, 0.29) is 29.4 Å². The Morgan fingerprint density at radius 2 is 1.80 bits per heavy atom. The number of hydrogen-bond donors (Lipinski definition) is 2. The van der Waals surface area contributed by atoms with Crippen LogP contribution in [-0.2, 0) is 9.53 Å². The monoisotopic (exact) mass is 622 g/mol. The molecule has 0 unspecified atom stereocenters. The van der Waals surface area contributed by atoms with Crippen molar-refractivity contribution in [3.63, 3.8) is 0 Å². The van der Waals surface area contributed by atoms with Gasteiger partial charge in [-0.15, -0.1) is 0 Å². The number of anilines is 2. The zero-order chi connectivity index (χ0) is 32.6. The molecule has 1 saturated carbocycles. The van der Waals surface area contributed by atoms with Crippen molar-refractivity contribution in [1.29, 1.82) is 0 Å². The fraction of sp³-hybridized carbons (Fsp3) is 0.417. The third-order valence-electron chi connectivity index (χ3n) is 8.60. The molecular weight excluding hydrogens is 580 g/mol. The Bertz CT molecular complexity index is 1780. The van der Waals surface area contributed by atoms with Gasteiger partial charge in [0.25, 0.3) is 0 Å². The molecule has 0 bridgehead atoms. The van der Waals surface area contributed by atoms with Crippen LogP contribution in [-0.4, -0.2) is 56.6 Å². The molecular formula is C36H42N6O4. The summed E-state index contributed by atoms with van der Waals surface area (Å²) in [7, 11) is 0. The smallest absolute Gasteiger partial charge is 0.410 e. The highest BCUT2D eigenvalue weighted by atomic mass is 16.6. The second-order valence-corrected chi connectivity index (χ2v) is 14.0. The molecule has 3 heterocycles. The molecule has 2 aromatic heterocycles. The molecule has 4 aromatic rings. The molecule has 1 aliphatic carbocycles. The molecule has 10 nitrogen and oxygen atoms in total. The average molecular weight is 623 g/mol. The molecule has 46 heavy (non-hydrogen) atoms. The van der Waals surface area contributed by atoms with Crippen molar-refractivity contribution in [2.45, 2.75) is 72.4 Å². The largest absolute Gasteiger partial charge is 0.444 e. The fourth-order valence-electron chi connectivity index (χ4n) is 5.93. The number of benzene rings is 2. The van der Waals surface area contributed by atoms with Crippen LogP contribution in [0.4, 0.5) is 16.4 Å². The molecule has 2 fully saturated rings. The van der Waals surface area contributed by atoms with Gasteiger partial charge in [-0.3, -0.25) is 4.79 Å². The first kappa shape index (κ1) is 31.3. The molecule has 2 aromatic carbocycles. The van der Waals surface area contributed by atoms with Gasteiger partial charge < -0.3 is 25.0 Å². The van der Waals surface area contributed by atoms with Gasteiger partial charge in [-0.1, -0.05) is 38.1 Å². The Hall–Kier alpha value is -4.73. The normalized spacial score (nSPS) is 19.0. The van der Waals surface area contributed by atoms with Gasteiger partial charge in [-0.05, 0) is 82.2 Å². The maximum atomic E-state index is 12.9. The summed E-state index contributed by atoms with van der Waals surface area (Å²) < 4.78 is 12.1. The zero-order valence-corrected chi connectivity index (χ0v) is 27.4. The number of amides is 2. The van der Waals surface area contributed by atoms with Crippen LogP contribution in [0.3, 0.4) is 0 Å². The van der Waals surface area contributed by atoms with E-state index < -0.39 is 5.60 Å². The van der Waals surface area contributed by atoms with Gasteiger partial charge in [0.1, 0.15) is 11.4 Å². The van der Waals surface area contributed by atoms with Crippen LogP contribution in [0.1, 0.15) is 59.4 Å². The second kappa shape index (κ2) is 12.2. The first-order chi connectivity index (χ1) is 21.9. The van der Waals surface area contributed by atoms with Gasteiger partial charge in [0.2, 0.25) is 17.7 Å². The van der Waals surface area contributed by atoms with E-state index in [1.54, 1.807) is 17.3 Å². The van der Waals surface area contributed by atoms with Crippen molar-refractivity contribution in [1.82, 2.24) is 19.9 Å². The molecule has 6 rings (SSSR count). The molecule has 2 aliphatic rings. The number of pyridine rings is 1. The minimum absolute atomic E-state index is 0.0138. The number of carbonyl (C=O) groups is 2. The number of fused-ring (bicyclic) bond motifs is 1. The summed E-state index contributed by atoms with van der Waals surface area (Å²) in [6.45, 7) is 13.0. The number of rotatable bonds is 7. The Morgan fingerprint density at radius 3 is 2.57 bits per heavy atom. The van der Waals surface area contributed by atoms with Gasteiger partial charge in [-0.2, -0.15) is 0 Å². The fourth-order valence-corrected chi connectivity index (χ4v) is 5.93. The maximum Gasteiger partial charge on any atom is 0.410 e. The minimum Gasteiger partial charge on any atom is -0.444 e. The van der Waals surface area contributed by atoms with Crippen LogP contribution in [0.5, 0.6) is 11.6 Å². The molecule has 240 valence electrons. The van der Waals surface area contributed by atoms with Crippen LogP contribution in [0.25, 0.3) is 22.0 Å². The molecule has 1 saturated heterocycles. The third-order valence-corrected chi connectivity index (χ3v) is 8.60. The molecule has 0 spiro atoms. The van der Waals surface area contributed by atoms with E-state index in [0.29, 0.717) is 41.9 Å². The van der Waals surface area contributed by atoms with Gasteiger partial charge in [0.05, 0.1) is 11.3 Å². The Labute approximate surface area is 269 Å². The van der Waals surface area contributed by atoms with Crippen molar-refractivity contribution in [2.75, 3.05) is 23.7 Å². The first-order valence-corrected chi connectivity index (χ1v) is 15.9. The van der Waals surface area contributed by atoms with Crippen LogP contribution in [0.2, 0.25) is 0 Å². The quantitative estimate of drug-likeness (QED) is 0.216. The van der Waals surface area contributed by atoms with Crippen molar-refractivity contribution in [3.05, 3.63) is 66.5 Å². The van der Waals surface area contributed by atoms with Crippen LogP contribution in [0.15, 0.2) is 60.9 Å². The van der Waals surface area contributed by atoms with E-state index in [1.807, 2.05) is 76.2 Å². The lowest BCUT2D eigenvalue weighted by Gasteiger charge is -2.34. The minimum atomic E-state index is -0.547. The summed E-state index contributed by atoms with van der Waals surface area (Å²) in [4.78, 5) is 41.2. The summed E-state index contributed by atoms with van der Waals surface area (Å²) in [5, 5.41) is 8.33. The predicted octanol–water partition coefficient (Wildman–Crippen LogP) is 7.59. The number of aryl methyl sites for hydroxylation is 1. The summed E-state index contributed by atoms with van der Waals surface area (Å²) in [6, 6.07) is 15.4. The zero-order valence-electron chi connectivity index (χ0n) is 27.4. The van der Waals surface area contributed by atoms with Crippen molar-refractivity contribution >= 4 is 34.4 Å². The number of nitrogens with one attached hydrogen (secondary N) is 2. The molecule has 2 atom stereocenters. The Kier molecular flexibility index (Phi) is 8.31. The molecule has 2 N–H and O–H groups in total. The summed E-state index contributed by atoms with van der Waals surface area (Å²) in [5.74, 6) is 1.60. The van der Waals surface area contributed by atoms with Gasteiger partial charge in [0.15, 0.2) is 0 Å². The number of ether oxygens (including phenoxy) is 2. The second-order valence-electron chi connectivity index (χ2n) is 14.0. The van der Waals surface area contributed by atoms with E-state index in [0.717, 1.165) is 41.3 Å². The predicted molar refractivity (Wildman–Crippen MR) is 179 cm³/mol. The van der Waals surface area contributed by atoms with E-state index in [1.165, 1.54) is 0 Å². The summed E-state index contributed by atoms with van der Waals surface area (Å²) in [5.41, 5.74) is 2.56. The number of hydrogen-bond acceptors (Lipinski definition) is 8. The maximum absolute atomic E-state index is 12.9. The molecule has 1 aliphatic heterocycles. The molecule has 10 heteroatoms. The van der Waals surface area contributed by atoms with E-state index in [9.17, 15) is 9.59 Å². The van der Waals surface area contributed by atoms with Crippen LogP contribution < -0.4 is 15.4 Å². The van der Waals surface area contributed by atoms with Gasteiger partial charge in [-0.25, -0.2) is 19.7 Å². The Balaban J connectivity index is 1.23. The highest BCUT2D eigenvalue weighted by molar-refractivity contribution is 6.05. The number of likely N-dealkylation sites (tertiary alicyclic amines) is 1. The average Bonchev–Trinajstić information content (AvgIpc) is 3.66. The highest BCUT2D eigenvalue weighted by Gasteiger charge is 2.50. The van der Waals surface area contributed by atoms with Crippen molar-refractivity contribution in [2.24, 2.45) is 11.3 Å². The topological polar surface area (TPSA) is 119 Å². The molecule has 0 radical (unpaired) electrons. The SMILES string of the molecule is Cc1ccc2c(NC(=O)[C@@H]3CC3(C)C)cccc2c1Oc1ncccc1-c1ccnc(N[C@H]2CCCN(C(=O)OC(C)(C)C)C2)n1. The number of nitrogens with zero attached hydrogens (tertiary/aromatic N) is 4. The number of aromatic nitrogens is 3. The first-order valence-electron chi connectivity index (χ1n) is 15.9. The van der Waals surface area contributed by atoms with E-state index in [4.69, 9.17) is 14.5 Å². The number of carbonyl (C=O) groups excluding carboxylic acids is 2. The van der Waals surface area contributed by atoms with E-state index in [2.05, 4.69) is 34.4 Å². The molecule has 2 amide bonds. The Morgan fingerprint density at radius 1 is 1.00 bits per heavy atom. The van der Waals surface area contributed by atoms with Crippen LogP contribution in [0, 0.1) is 18.3 Å². The van der Waals surface area contributed by atoms with Crippen molar-refractivity contribution < 1.29 is 19.1 Å². The lowest BCUT2D eigenvalue weighted by atomic mass is 10.0. The lowest BCUT2D eigenvalue weighted by molar-refractivity contribution is -0.118. The van der Waals surface area contributed by atoms with Gasteiger partial charge in [0, 0.05) is 53.9 Å². The highest BCUT2D eigenvalue weighted by Crippen LogP contribution is 2.52. The van der Waals surface area contributed by atoms with Crippen molar-refractivity contribution in [3.8, 4) is 22.9 Å². The third kappa shape index (κ3) is 6.90. The standard InChI is InChI=1S/C36H42N6O4/c1-22-14-15-24-25(11-7-13-28(24)40-31(43)27-20-36(27,5)6)30(22)45-32-26(12-8-17-37-32)29-16-18-38-33(41-29)39-23-10-9-19-42(21-23)34(44)46-35(2,3)4/h7-8,11-18,23,27H,9-10,19-21H2,1-6H3,(H,40,43)(H,38,39,41)/t23-,27-/m0/s1. The summed E-state index contributed by atoms with van der Waals surface area (Å²) >= 11 is 0. The lowest BCUT2D eigenvalue weighted by Crippen LogP contribution is -2.47. The summed E-state index contributed by atoms with van der Waals surface area (Å²) in [6.07, 6.45) is 5.72.